The highest BCUT2D eigenvalue weighted by atomic mass is 79.9. The zero-order chi connectivity index (χ0) is 24.2. The number of aromatic nitrogens is 6. The number of hydrogen-bond acceptors (Lipinski definition) is 8. The standard InChI is InChI=1S/C23H23BrN6O4/c1-3-4-18-19(7-6-17(13(2)31)21(18)32)34-12-15-9-16(24)11-30-22(15)25-10-14(23(30)33)5-8-20-26-28-29-27-20/h6-7,9-11,32H,3-5,8,12H2,1-2H3,(H,26,27,28,29). The van der Waals surface area contributed by atoms with Gasteiger partial charge in [-0.15, -0.1) is 10.2 Å². The Bertz CT molecular complexity index is 1400. The Balaban J connectivity index is 1.64. The Kier molecular flexibility index (Phi) is 7.01. The van der Waals surface area contributed by atoms with Gasteiger partial charge >= 0.3 is 0 Å². The number of halogens is 1. The summed E-state index contributed by atoms with van der Waals surface area (Å²) in [6.07, 6.45) is 5.45. The van der Waals surface area contributed by atoms with Gasteiger partial charge in [0.1, 0.15) is 23.8 Å². The molecular weight excluding hydrogens is 504 g/mol. The molecule has 11 heteroatoms. The molecule has 3 aromatic heterocycles. The molecule has 176 valence electrons. The predicted octanol–water partition coefficient (Wildman–Crippen LogP) is 3.20. The Labute approximate surface area is 203 Å². The minimum absolute atomic E-state index is 0.0495. The molecule has 1 aromatic carbocycles. The molecule has 10 nitrogen and oxygen atoms in total. The number of carbonyl (C=O) groups excluding carboxylic acids is 1. The molecule has 4 rings (SSSR count). The lowest BCUT2D eigenvalue weighted by molar-refractivity contribution is 0.101. The summed E-state index contributed by atoms with van der Waals surface area (Å²) in [6, 6.07) is 5.09. The smallest absolute Gasteiger partial charge is 0.261 e. The lowest BCUT2D eigenvalue weighted by Crippen LogP contribution is -2.21. The van der Waals surface area contributed by atoms with Gasteiger partial charge in [0.25, 0.3) is 5.56 Å². The molecule has 0 spiro atoms. The first-order chi connectivity index (χ1) is 16.4. The first kappa shape index (κ1) is 23.6. The number of carbonyl (C=O) groups is 1. The molecule has 2 N–H and O–H groups in total. The van der Waals surface area contributed by atoms with Crippen LogP contribution in [0.3, 0.4) is 0 Å². The van der Waals surface area contributed by atoms with Crippen molar-refractivity contribution in [3.63, 3.8) is 0 Å². The number of nitrogens with zero attached hydrogens (tertiary/aromatic N) is 5. The van der Waals surface area contributed by atoms with E-state index in [1.807, 2.05) is 13.0 Å². The van der Waals surface area contributed by atoms with Crippen molar-refractivity contribution in [3.8, 4) is 11.5 Å². The van der Waals surface area contributed by atoms with Crippen LogP contribution in [0, 0.1) is 0 Å². The summed E-state index contributed by atoms with van der Waals surface area (Å²) in [7, 11) is 0. The van der Waals surface area contributed by atoms with Crippen LogP contribution in [0.2, 0.25) is 0 Å². The number of H-pyrrole nitrogens is 1. The van der Waals surface area contributed by atoms with Crippen LogP contribution in [0.15, 0.2) is 39.9 Å². The molecule has 0 aliphatic rings. The molecule has 0 radical (unpaired) electrons. The van der Waals surface area contributed by atoms with E-state index in [1.165, 1.54) is 11.3 Å². The Hall–Kier alpha value is -3.60. The highest BCUT2D eigenvalue weighted by molar-refractivity contribution is 9.10. The number of phenolic OH excluding ortho intramolecular Hbond substituents is 1. The molecule has 4 aromatic rings. The molecule has 0 fully saturated rings. The normalized spacial score (nSPS) is 11.1. The van der Waals surface area contributed by atoms with Gasteiger partial charge in [0.15, 0.2) is 11.6 Å². The van der Waals surface area contributed by atoms with Gasteiger partial charge in [-0.05, 0) is 53.9 Å². The van der Waals surface area contributed by atoms with Gasteiger partial charge in [-0.3, -0.25) is 14.0 Å². The molecule has 3 heterocycles. The highest BCUT2D eigenvalue weighted by Gasteiger charge is 2.17. The molecule has 0 bridgehead atoms. The van der Waals surface area contributed by atoms with E-state index in [-0.39, 0.29) is 29.3 Å². The van der Waals surface area contributed by atoms with Crippen molar-refractivity contribution in [2.75, 3.05) is 0 Å². The Morgan fingerprint density at radius 2 is 2.06 bits per heavy atom. The van der Waals surface area contributed by atoms with E-state index < -0.39 is 0 Å². The van der Waals surface area contributed by atoms with Crippen LogP contribution in [0.4, 0.5) is 0 Å². The van der Waals surface area contributed by atoms with E-state index in [1.54, 1.807) is 24.5 Å². The van der Waals surface area contributed by atoms with Crippen molar-refractivity contribution in [3.05, 3.63) is 73.5 Å². The molecule has 0 saturated carbocycles. The van der Waals surface area contributed by atoms with Gasteiger partial charge in [0.05, 0.1) is 5.56 Å². The van der Waals surface area contributed by atoms with E-state index in [9.17, 15) is 14.7 Å². The Morgan fingerprint density at radius 1 is 1.24 bits per heavy atom. The number of aromatic hydroxyl groups is 1. The quantitative estimate of drug-likeness (QED) is 0.317. The number of hydrogen-bond donors (Lipinski definition) is 2. The van der Waals surface area contributed by atoms with Crippen molar-refractivity contribution in [2.45, 2.75) is 46.1 Å². The number of ether oxygens (including phenoxy) is 1. The summed E-state index contributed by atoms with van der Waals surface area (Å²) in [5, 5.41) is 24.3. The lowest BCUT2D eigenvalue weighted by atomic mass is 10.0. The fourth-order valence-electron chi connectivity index (χ4n) is 3.75. The number of phenols is 1. The Morgan fingerprint density at radius 3 is 2.76 bits per heavy atom. The van der Waals surface area contributed by atoms with Crippen molar-refractivity contribution in [1.82, 2.24) is 30.0 Å². The summed E-state index contributed by atoms with van der Waals surface area (Å²) in [5.41, 5.74) is 2.36. The number of pyridine rings is 1. The fraction of sp³-hybridized carbons (Fsp3) is 0.304. The maximum atomic E-state index is 13.1. The largest absolute Gasteiger partial charge is 0.507 e. The van der Waals surface area contributed by atoms with Crippen molar-refractivity contribution in [1.29, 1.82) is 0 Å². The number of Topliss-reactive ketones (excluding diaryl/α,β-unsaturated/α-hetero) is 1. The van der Waals surface area contributed by atoms with Gasteiger partial charge in [0.2, 0.25) is 0 Å². The summed E-state index contributed by atoms with van der Waals surface area (Å²) in [6.45, 7) is 3.52. The van der Waals surface area contributed by atoms with E-state index >= 15 is 0 Å². The van der Waals surface area contributed by atoms with E-state index in [2.05, 4.69) is 41.5 Å². The summed E-state index contributed by atoms with van der Waals surface area (Å²) < 4.78 is 8.23. The first-order valence-electron chi connectivity index (χ1n) is 10.8. The van der Waals surface area contributed by atoms with Gasteiger partial charge in [-0.2, -0.15) is 5.21 Å². The van der Waals surface area contributed by atoms with Crippen LogP contribution in [0.25, 0.3) is 5.65 Å². The number of ketones is 1. The molecule has 0 atom stereocenters. The van der Waals surface area contributed by atoms with Crippen molar-refractivity contribution >= 4 is 27.4 Å². The maximum absolute atomic E-state index is 13.1. The van der Waals surface area contributed by atoms with E-state index in [0.717, 1.165) is 6.42 Å². The lowest BCUT2D eigenvalue weighted by Gasteiger charge is -2.16. The van der Waals surface area contributed by atoms with Crippen LogP contribution in [0.1, 0.15) is 53.1 Å². The van der Waals surface area contributed by atoms with Crippen LogP contribution in [0.5, 0.6) is 11.5 Å². The fourth-order valence-corrected chi connectivity index (χ4v) is 4.23. The number of nitrogens with one attached hydrogen (secondary N) is 1. The number of benzene rings is 1. The van der Waals surface area contributed by atoms with Gasteiger partial charge in [-0.1, -0.05) is 18.6 Å². The number of fused-ring (bicyclic) bond motifs is 1. The zero-order valence-electron chi connectivity index (χ0n) is 18.7. The first-order valence-corrected chi connectivity index (χ1v) is 11.6. The molecule has 0 unspecified atom stereocenters. The molecule has 0 amide bonds. The van der Waals surface area contributed by atoms with Crippen LogP contribution >= 0.6 is 15.9 Å². The molecule has 0 saturated heterocycles. The number of aromatic amines is 1. The second-order valence-corrected chi connectivity index (χ2v) is 8.74. The number of aryl methyl sites for hydroxylation is 2. The zero-order valence-corrected chi connectivity index (χ0v) is 20.3. The van der Waals surface area contributed by atoms with E-state index in [4.69, 9.17) is 4.74 Å². The molecule has 0 aliphatic heterocycles. The van der Waals surface area contributed by atoms with Crippen LogP contribution in [-0.2, 0) is 25.9 Å². The molecule has 34 heavy (non-hydrogen) atoms. The third-order valence-corrected chi connectivity index (χ3v) is 5.86. The SMILES string of the molecule is CCCc1c(OCc2cc(Br)cn3c(=O)c(CCc4nn[nH]n4)cnc23)ccc(C(C)=O)c1O. The van der Waals surface area contributed by atoms with Crippen molar-refractivity contribution in [2.24, 2.45) is 0 Å². The molecular formula is C23H23BrN6O4. The van der Waals surface area contributed by atoms with Gasteiger partial charge in [0, 0.05) is 40.0 Å². The number of rotatable bonds is 9. The van der Waals surface area contributed by atoms with Crippen LogP contribution in [-0.4, -0.2) is 40.9 Å². The third-order valence-electron chi connectivity index (χ3n) is 5.43. The highest BCUT2D eigenvalue weighted by Crippen LogP contribution is 2.33. The second kappa shape index (κ2) is 10.1. The van der Waals surface area contributed by atoms with Crippen LogP contribution < -0.4 is 10.3 Å². The second-order valence-electron chi connectivity index (χ2n) is 7.83. The average molecular weight is 527 g/mol. The van der Waals surface area contributed by atoms with Gasteiger partial charge in [-0.25, -0.2) is 4.98 Å². The monoisotopic (exact) mass is 526 g/mol. The average Bonchev–Trinajstić information content (AvgIpc) is 3.33. The minimum Gasteiger partial charge on any atom is -0.507 e. The summed E-state index contributed by atoms with van der Waals surface area (Å²) >= 11 is 3.46. The maximum Gasteiger partial charge on any atom is 0.261 e. The topological polar surface area (TPSA) is 135 Å². The third kappa shape index (κ3) is 4.84. The predicted molar refractivity (Wildman–Crippen MR) is 127 cm³/mol. The molecule has 0 aliphatic carbocycles. The van der Waals surface area contributed by atoms with E-state index in [0.29, 0.717) is 57.6 Å². The van der Waals surface area contributed by atoms with Crippen molar-refractivity contribution < 1.29 is 14.6 Å². The minimum atomic E-state index is -0.210. The summed E-state index contributed by atoms with van der Waals surface area (Å²) in [4.78, 5) is 29.4. The van der Waals surface area contributed by atoms with Gasteiger partial charge < -0.3 is 9.84 Å². The number of tetrazole rings is 1. The summed E-state index contributed by atoms with van der Waals surface area (Å²) in [5.74, 6) is 0.751.